The van der Waals surface area contributed by atoms with Crippen molar-refractivity contribution >= 4 is 5.97 Å². The van der Waals surface area contributed by atoms with Crippen LogP contribution in [0.5, 0.6) is 0 Å². The monoisotopic (exact) mass is 268 g/mol. The average Bonchev–Trinajstić information content (AvgIpc) is 2.87. The van der Waals surface area contributed by atoms with Gasteiger partial charge in [-0.3, -0.25) is 4.90 Å². The van der Waals surface area contributed by atoms with Crippen LogP contribution >= 0.6 is 0 Å². The number of methoxy groups -OCH3 is 1. The fourth-order valence-corrected chi connectivity index (χ4v) is 2.09. The number of carbonyl (C=O) groups is 1. The zero-order valence-electron chi connectivity index (χ0n) is 11.3. The topological polar surface area (TPSA) is 63.9 Å². The molecule has 0 aliphatic carbocycles. The molecule has 2 heterocycles. The summed E-state index contributed by atoms with van der Waals surface area (Å²) in [5.41, 5.74) is 0. The van der Waals surface area contributed by atoms with E-state index < -0.39 is 5.97 Å². The molecule has 1 atom stereocenters. The van der Waals surface area contributed by atoms with Crippen LogP contribution in [0.15, 0.2) is 16.5 Å². The molecule has 1 aliphatic heterocycles. The van der Waals surface area contributed by atoms with Gasteiger partial charge in [0.15, 0.2) is 0 Å². The maximum Gasteiger partial charge on any atom is 0.373 e. The third-order valence-corrected chi connectivity index (χ3v) is 2.99. The van der Waals surface area contributed by atoms with Crippen molar-refractivity contribution in [3.63, 3.8) is 0 Å². The van der Waals surface area contributed by atoms with Gasteiger partial charge in [-0.25, -0.2) is 4.79 Å². The molecule has 6 heteroatoms. The third-order valence-electron chi connectivity index (χ3n) is 2.99. The summed E-state index contributed by atoms with van der Waals surface area (Å²) >= 11 is 0. The second-order valence-corrected chi connectivity index (χ2v) is 4.65. The second-order valence-electron chi connectivity index (χ2n) is 4.65. The van der Waals surface area contributed by atoms with E-state index in [1.165, 1.54) is 7.11 Å². The molecule has 0 aromatic carbocycles. The lowest BCUT2D eigenvalue weighted by molar-refractivity contribution is 0.00785. The first-order valence-corrected chi connectivity index (χ1v) is 6.37. The summed E-state index contributed by atoms with van der Waals surface area (Å²) in [5.74, 6) is 0.530. The lowest BCUT2D eigenvalue weighted by atomic mass is 10.3. The molecular weight excluding hydrogens is 248 g/mol. The van der Waals surface area contributed by atoms with Crippen LogP contribution in [-0.4, -0.2) is 57.4 Å². The number of morpholine rings is 1. The molecule has 0 spiro atoms. The predicted molar refractivity (Wildman–Crippen MR) is 69.0 cm³/mol. The van der Waals surface area contributed by atoms with Crippen LogP contribution in [0, 0.1) is 0 Å². The van der Waals surface area contributed by atoms with Crippen LogP contribution in [0.4, 0.5) is 0 Å². The van der Waals surface area contributed by atoms with Gasteiger partial charge in [0.05, 0.1) is 26.4 Å². The zero-order valence-corrected chi connectivity index (χ0v) is 11.3. The van der Waals surface area contributed by atoms with Crippen molar-refractivity contribution in [3.8, 4) is 0 Å². The Labute approximate surface area is 112 Å². The molecular formula is C13H20N2O4. The number of rotatable bonds is 5. The van der Waals surface area contributed by atoms with Crippen LogP contribution in [-0.2, 0) is 16.0 Å². The average molecular weight is 268 g/mol. The molecule has 1 unspecified atom stereocenters. The Morgan fingerprint density at radius 1 is 1.58 bits per heavy atom. The van der Waals surface area contributed by atoms with E-state index in [1.54, 1.807) is 12.1 Å². The number of likely N-dealkylation sites (N-methyl/N-ethyl adjacent to an activating group) is 1. The van der Waals surface area contributed by atoms with Crippen molar-refractivity contribution in [1.82, 2.24) is 10.2 Å². The molecule has 0 amide bonds. The summed E-state index contributed by atoms with van der Waals surface area (Å²) in [6.45, 7) is 4.00. The first kappa shape index (κ1) is 14.0. The predicted octanol–water partition coefficient (Wildman–Crippen LogP) is 0.486. The van der Waals surface area contributed by atoms with Gasteiger partial charge in [-0.05, 0) is 19.2 Å². The van der Waals surface area contributed by atoms with E-state index in [4.69, 9.17) is 9.15 Å². The van der Waals surface area contributed by atoms with E-state index in [2.05, 4.69) is 15.0 Å². The van der Waals surface area contributed by atoms with Crippen LogP contribution in [0.3, 0.4) is 0 Å². The van der Waals surface area contributed by atoms with Crippen molar-refractivity contribution in [2.24, 2.45) is 0 Å². The Hall–Kier alpha value is -1.37. The van der Waals surface area contributed by atoms with Crippen molar-refractivity contribution in [2.75, 3.05) is 40.4 Å². The Morgan fingerprint density at radius 2 is 2.42 bits per heavy atom. The van der Waals surface area contributed by atoms with Gasteiger partial charge >= 0.3 is 5.97 Å². The van der Waals surface area contributed by atoms with E-state index >= 15 is 0 Å². The molecule has 19 heavy (non-hydrogen) atoms. The van der Waals surface area contributed by atoms with E-state index in [-0.39, 0.29) is 11.9 Å². The number of hydrogen-bond donors (Lipinski definition) is 1. The van der Waals surface area contributed by atoms with Crippen molar-refractivity contribution in [3.05, 3.63) is 23.7 Å². The number of nitrogens with one attached hydrogen (secondary N) is 1. The van der Waals surface area contributed by atoms with E-state index in [1.807, 2.05) is 7.05 Å². The molecule has 1 aromatic rings. The number of esters is 1. The Kier molecular flexibility index (Phi) is 4.95. The maximum atomic E-state index is 11.3. The summed E-state index contributed by atoms with van der Waals surface area (Å²) in [6, 6.07) is 3.43. The van der Waals surface area contributed by atoms with Crippen LogP contribution in [0.2, 0.25) is 0 Å². The molecule has 1 saturated heterocycles. The van der Waals surface area contributed by atoms with Gasteiger partial charge in [0.1, 0.15) is 5.76 Å². The minimum atomic E-state index is -0.450. The highest BCUT2D eigenvalue weighted by molar-refractivity contribution is 5.86. The van der Waals surface area contributed by atoms with E-state index in [0.29, 0.717) is 6.54 Å². The van der Waals surface area contributed by atoms with Crippen LogP contribution in [0.1, 0.15) is 16.3 Å². The molecule has 2 rings (SSSR count). The van der Waals surface area contributed by atoms with E-state index in [0.717, 1.165) is 32.0 Å². The fourth-order valence-electron chi connectivity index (χ4n) is 2.09. The second kappa shape index (κ2) is 6.70. The molecule has 1 aliphatic rings. The third kappa shape index (κ3) is 4.05. The lowest BCUT2D eigenvalue weighted by Gasteiger charge is -2.27. The molecule has 1 fully saturated rings. The van der Waals surface area contributed by atoms with Gasteiger partial charge in [-0.2, -0.15) is 0 Å². The van der Waals surface area contributed by atoms with Crippen molar-refractivity contribution in [2.45, 2.75) is 12.6 Å². The number of hydrogen-bond acceptors (Lipinski definition) is 6. The fraction of sp³-hybridized carbons (Fsp3) is 0.615. The quantitative estimate of drug-likeness (QED) is 0.784. The minimum Gasteiger partial charge on any atom is -0.463 e. The Bertz CT molecular complexity index is 413. The summed E-state index contributed by atoms with van der Waals surface area (Å²) in [7, 11) is 3.34. The van der Waals surface area contributed by atoms with Crippen molar-refractivity contribution < 1.29 is 18.7 Å². The standard InChI is InChI=1S/C13H20N2O4/c1-15(9-11-7-14-5-6-18-11)8-10-3-4-12(19-10)13(16)17-2/h3-4,11,14H,5-9H2,1-2H3. The smallest absolute Gasteiger partial charge is 0.373 e. The molecule has 1 aromatic heterocycles. The van der Waals surface area contributed by atoms with Crippen molar-refractivity contribution in [1.29, 1.82) is 0 Å². The summed E-state index contributed by atoms with van der Waals surface area (Å²) < 4.78 is 15.7. The summed E-state index contributed by atoms with van der Waals surface area (Å²) in [5, 5.41) is 3.29. The van der Waals surface area contributed by atoms with Gasteiger partial charge in [0.2, 0.25) is 5.76 Å². The Morgan fingerprint density at radius 3 is 3.11 bits per heavy atom. The number of carbonyl (C=O) groups excluding carboxylic acids is 1. The molecule has 0 radical (unpaired) electrons. The highest BCUT2D eigenvalue weighted by atomic mass is 16.5. The molecule has 0 saturated carbocycles. The highest BCUT2D eigenvalue weighted by Crippen LogP contribution is 2.11. The Balaban J connectivity index is 1.82. The number of ether oxygens (including phenoxy) is 2. The highest BCUT2D eigenvalue weighted by Gasteiger charge is 2.17. The molecule has 1 N–H and O–H groups in total. The lowest BCUT2D eigenvalue weighted by Crippen LogP contribution is -2.44. The van der Waals surface area contributed by atoms with Gasteiger partial charge in [0.25, 0.3) is 0 Å². The molecule has 6 nitrogen and oxygen atoms in total. The van der Waals surface area contributed by atoms with E-state index in [9.17, 15) is 4.79 Å². The number of furan rings is 1. The SMILES string of the molecule is COC(=O)c1ccc(CN(C)CC2CNCCO2)o1. The normalized spacial score (nSPS) is 19.6. The number of nitrogens with zero attached hydrogens (tertiary/aromatic N) is 1. The van der Waals surface area contributed by atoms with Crippen LogP contribution < -0.4 is 5.32 Å². The van der Waals surface area contributed by atoms with Gasteiger partial charge in [0, 0.05) is 19.6 Å². The van der Waals surface area contributed by atoms with Crippen LogP contribution in [0.25, 0.3) is 0 Å². The summed E-state index contributed by atoms with van der Waals surface area (Å²) in [6.07, 6.45) is 0.203. The van der Waals surface area contributed by atoms with Gasteiger partial charge < -0.3 is 19.2 Å². The first-order chi connectivity index (χ1) is 9.19. The minimum absolute atomic E-state index is 0.203. The van der Waals surface area contributed by atoms with Gasteiger partial charge in [-0.1, -0.05) is 0 Å². The largest absolute Gasteiger partial charge is 0.463 e. The summed E-state index contributed by atoms with van der Waals surface area (Å²) in [4.78, 5) is 13.4. The van der Waals surface area contributed by atoms with Gasteiger partial charge in [-0.15, -0.1) is 0 Å². The molecule has 0 bridgehead atoms. The zero-order chi connectivity index (χ0) is 13.7. The maximum absolute atomic E-state index is 11.3. The molecule has 106 valence electrons. The first-order valence-electron chi connectivity index (χ1n) is 6.37.